The van der Waals surface area contributed by atoms with Crippen LogP contribution in [0.4, 0.5) is 5.69 Å². The van der Waals surface area contributed by atoms with Crippen LogP contribution >= 0.6 is 0 Å². The van der Waals surface area contributed by atoms with E-state index in [1.165, 1.54) is 5.56 Å². The maximum Gasteiger partial charge on any atom is 0.269 e. The molecular formula is C12H16N2O2. The second-order valence-corrected chi connectivity index (χ2v) is 4.97. The number of rotatable bonds is 1. The topological polar surface area (TPSA) is 69.2 Å². The highest BCUT2D eigenvalue weighted by molar-refractivity contribution is 5.45. The molecule has 1 aliphatic carbocycles. The predicted octanol–water partition coefficient (Wildman–Crippen LogP) is 2.15. The van der Waals surface area contributed by atoms with Gasteiger partial charge < -0.3 is 5.73 Å². The number of nitro benzene ring substituents is 1. The third kappa shape index (κ3) is 1.59. The van der Waals surface area contributed by atoms with Crippen molar-refractivity contribution in [3.05, 3.63) is 39.4 Å². The number of nitro groups is 1. The third-order valence-corrected chi connectivity index (χ3v) is 3.65. The lowest BCUT2D eigenvalue weighted by Crippen LogP contribution is -2.44. The van der Waals surface area contributed by atoms with Crippen molar-refractivity contribution < 1.29 is 4.92 Å². The predicted molar refractivity (Wildman–Crippen MR) is 62.4 cm³/mol. The molecule has 1 atom stereocenters. The summed E-state index contributed by atoms with van der Waals surface area (Å²) in [6.45, 7) is 4.11. The third-order valence-electron chi connectivity index (χ3n) is 3.65. The SMILES string of the molecule is CC1(C)c2cc([N+](=O)[O-])ccc2CCC1N. The molecule has 0 aromatic heterocycles. The molecule has 0 saturated carbocycles. The molecule has 0 amide bonds. The number of hydrogen-bond acceptors (Lipinski definition) is 3. The van der Waals surface area contributed by atoms with Gasteiger partial charge in [0.1, 0.15) is 0 Å². The Balaban J connectivity index is 2.55. The number of nitrogens with zero attached hydrogens (tertiary/aromatic N) is 1. The Morgan fingerprint density at radius 2 is 2.19 bits per heavy atom. The minimum Gasteiger partial charge on any atom is -0.327 e. The van der Waals surface area contributed by atoms with E-state index in [9.17, 15) is 10.1 Å². The van der Waals surface area contributed by atoms with Crippen LogP contribution < -0.4 is 5.73 Å². The lowest BCUT2D eigenvalue weighted by molar-refractivity contribution is -0.385. The number of nitrogens with two attached hydrogens (primary N) is 1. The van der Waals surface area contributed by atoms with E-state index in [0.717, 1.165) is 18.4 Å². The van der Waals surface area contributed by atoms with Crippen LogP contribution in [-0.2, 0) is 11.8 Å². The van der Waals surface area contributed by atoms with Crippen LogP contribution in [0.3, 0.4) is 0 Å². The van der Waals surface area contributed by atoms with Gasteiger partial charge in [-0.05, 0) is 24.0 Å². The first-order valence-corrected chi connectivity index (χ1v) is 5.46. The average Bonchev–Trinajstić information content (AvgIpc) is 2.23. The summed E-state index contributed by atoms with van der Waals surface area (Å²) in [4.78, 5) is 10.4. The second kappa shape index (κ2) is 3.56. The van der Waals surface area contributed by atoms with E-state index in [4.69, 9.17) is 5.73 Å². The summed E-state index contributed by atoms with van der Waals surface area (Å²) in [6, 6.07) is 5.18. The van der Waals surface area contributed by atoms with Gasteiger partial charge >= 0.3 is 0 Å². The highest BCUT2D eigenvalue weighted by Crippen LogP contribution is 2.37. The van der Waals surface area contributed by atoms with E-state index in [2.05, 4.69) is 13.8 Å². The summed E-state index contributed by atoms with van der Waals surface area (Å²) in [5.74, 6) is 0. The Morgan fingerprint density at radius 1 is 1.50 bits per heavy atom. The van der Waals surface area contributed by atoms with Gasteiger partial charge in [-0.15, -0.1) is 0 Å². The monoisotopic (exact) mass is 220 g/mol. The van der Waals surface area contributed by atoms with Crippen molar-refractivity contribution in [3.63, 3.8) is 0 Å². The first-order valence-electron chi connectivity index (χ1n) is 5.46. The Labute approximate surface area is 94.6 Å². The molecule has 0 fully saturated rings. The molecule has 4 nitrogen and oxygen atoms in total. The normalized spacial score (nSPS) is 22.6. The highest BCUT2D eigenvalue weighted by Gasteiger charge is 2.35. The van der Waals surface area contributed by atoms with Gasteiger partial charge in [-0.1, -0.05) is 19.9 Å². The molecule has 0 spiro atoms. The summed E-state index contributed by atoms with van der Waals surface area (Å²) in [5.41, 5.74) is 8.28. The first-order chi connectivity index (χ1) is 7.43. The highest BCUT2D eigenvalue weighted by atomic mass is 16.6. The molecule has 16 heavy (non-hydrogen) atoms. The summed E-state index contributed by atoms with van der Waals surface area (Å²) in [6.07, 6.45) is 1.86. The van der Waals surface area contributed by atoms with Gasteiger partial charge in [-0.25, -0.2) is 0 Å². The van der Waals surface area contributed by atoms with Gasteiger partial charge in [0, 0.05) is 23.6 Å². The molecule has 1 aromatic rings. The number of fused-ring (bicyclic) bond motifs is 1. The molecule has 86 valence electrons. The van der Waals surface area contributed by atoms with Crippen molar-refractivity contribution in [1.82, 2.24) is 0 Å². The molecule has 0 aliphatic heterocycles. The molecule has 1 aliphatic rings. The van der Waals surface area contributed by atoms with Crippen LogP contribution in [0.25, 0.3) is 0 Å². The summed E-state index contributed by atoms with van der Waals surface area (Å²) < 4.78 is 0. The van der Waals surface area contributed by atoms with Crippen molar-refractivity contribution in [1.29, 1.82) is 0 Å². The zero-order valence-corrected chi connectivity index (χ0v) is 9.56. The number of non-ortho nitro benzene ring substituents is 1. The van der Waals surface area contributed by atoms with Crippen LogP contribution in [0, 0.1) is 10.1 Å². The van der Waals surface area contributed by atoms with E-state index in [0.29, 0.717) is 0 Å². The molecule has 4 heteroatoms. The molecule has 0 radical (unpaired) electrons. The lowest BCUT2D eigenvalue weighted by Gasteiger charge is -2.38. The number of aryl methyl sites for hydroxylation is 1. The quantitative estimate of drug-likeness (QED) is 0.582. The van der Waals surface area contributed by atoms with Crippen molar-refractivity contribution >= 4 is 5.69 Å². The Bertz CT molecular complexity index is 441. The summed E-state index contributed by atoms with van der Waals surface area (Å²) in [7, 11) is 0. The molecule has 2 rings (SSSR count). The van der Waals surface area contributed by atoms with Crippen LogP contribution in [0.1, 0.15) is 31.4 Å². The molecule has 0 saturated heterocycles. The fraction of sp³-hybridized carbons (Fsp3) is 0.500. The van der Waals surface area contributed by atoms with Crippen LogP contribution in [0.5, 0.6) is 0 Å². The minimum atomic E-state index is -0.351. The average molecular weight is 220 g/mol. The van der Waals surface area contributed by atoms with Gasteiger partial charge in [0.05, 0.1) is 4.92 Å². The van der Waals surface area contributed by atoms with Crippen LogP contribution in [0.2, 0.25) is 0 Å². The molecule has 1 aromatic carbocycles. The molecule has 1 unspecified atom stereocenters. The number of hydrogen-bond donors (Lipinski definition) is 1. The maximum absolute atomic E-state index is 10.8. The minimum absolute atomic E-state index is 0.0713. The summed E-state index contributed by atoms with van der Waals surface area (Å²) >= 11 is 0. The van der Waals surface area contributed by atoms with E-state index in [1.807, 2.05) is 6.07 Å². The first kappa shape index (κ1) is 11.1. The Morgan fingerprint density at radius 3 is 2.81 bits per heavy atom. The molecular weight excluding hydrogens is 204 g/mol. The second-order valence-electron chi connectivity index (χ2n) is 4.97. The van der Waals surface area contributed by atoms with Gasteiger partial charge in [0.25, 0.3) is 5.69 Å². The lowest BCUT2D eigenvalue weighted by atomic mass is 9.69. The molecule has 0 bridgehead atoms. The van der Waals surface area contributed by atoms with Gasteiger partial charge in [-0.2, -0.15) is 0 Å². The van der Waals surface area contributed by atoms with E-state index in [-0.39, 0.29) is 22.1 Å². The van der Waals surface area contributed by atoms with Crippen molar-refractivity contribution in [2.45, 2.75) is 38.1 Å². The van der Waals surface area contributed by atoms with Crippen LogP contribution in [0.15, 0.2) is 18.2 Å². The molecule has 2 N–H and O–H groups in total. The van der Waals surface area contributed by atoms with Crippen molar-refractivity contribution in [3.8, 4) is 0 Å². The van der Waals surface area contributed by atoms with Gasteiger partial charge in [-0.3, -0.25) is 10.1 Å². The van der Waals surface area contributed by atoms with E-state index >= 15 is 0 Å². The largest absolute Gasteiger partial charge is 0.327 e. The maximum atomic E-state index is 10.8. The smallest absolute Gasteiger partial charge is 0.269 e. The van der Waals surface area contributed by atoms with Crippen molar-refractivity contribution in [2.24, 2.45) is 5.73 Å². The van der Waals surface area contributed by atoms with Gasteiger partial charge in [0.15, 0.2) is 0 Å². The standard InChI is InChI=1S/C12H16N2O2/c1-12(2)10-7-9(14(15)16)5-3-8(10)4-6-11(12)13/h3,5,7,11H,4,6,13H2,1-2H3. The zero-order chi connectivity index (χ0) is 11.9. The van der Waals surface area contributed by atoms with E-state index < -0.39 is 0 Å². The Kier molecular flexibility index (Phi) is 2.46. The fourth-order valence-corrected chi connectivity index (χ4v) is 2.37. The van der Waals surface area contributed by atoms with E-state index in [1.54, 1.807) is 12.1 Å². The molecule has 0 heterocycles. The number of benzene rings is 1. The Hall–Kier alpha value is -1.42. The zero-order valence-electron chi connectivity index (χ0n) is 9.56. The van der Waals surface area contributed by atoms with Gasteiger partial charge in [0.2, 0.25) is 0 Å². The van der Waals surface area contributed by atoms with Crippen LogP contribution in [-0.4, -0.2) is 11.0 Å². The fourth-order valence-electron chi connectivity index (χ4n) is 2.37. The summed E-state index contributed by atoms with van der Waals surface area (Å²) in [5, 5.41) is 10.8. The van der Waals surface area contributed by atoms with Crippen molar-refractivity contribution in [2.75, 3.05) is 0 Å².